The van der Waals surface area contributed by atoms with Crippen molar-refractivity contribution < 1.29 is 17.9 Å². The predicted octanol–water partition coefficient (Wildman–Crippen LogP) is 1.73. The number of benzene rings is 1. The lowest BCUT2D eigenvalue weighted by Crippen LogP contribution is -2.41. The van der Waals surface area contributed by atoms with E-state index in [0.29, 0.717) is 5.56 Å². The number of aryl methyl sites for hydroxylation is 1. The fourth-order valence-corrected chi connectivity index (χ4v) is 4.21. The maximum absolute atomic E-state index is 12.6. The van der Waals surface area contributed by atoms with Crippen LogP contribution < -0.4 is 10.0 Å². The summed E-state index contributed by atoms with van der Waals surface area (Å²) < 4.78 is 32.9. The van der Waals surface area contributed by atoms with E-state index in [4.69, 9.17) is 4.74 Å². The second kappa shape index (κ2) is 6.82. The van der Waals surface area contributed by atoms with E-state index in [-0.39, 0.29) is 29.0 Å². The van der Waals surface area contributed by atoms with E-state index >= 15 is 0 Å². The summed E-state index contributed by atoms with van der Waals surface area (Å²) in [4.78, 5) is 12.7. The highest BCUT2D eigenvalue weighted by molar-refractivity contribution is 7.89. The van der Waals surface area contributed by atoms with Gasteiger partial charge >= 0.3 is 0 Å². The molecule has 0 bridgehead atoms. The summed E-state index contributed by atoms with van der Waals surface area (Å²) in [6.45, 7) is 4.44. The lowest BCUT2D eigenvalue weighted by Gasteiger charge is -2.20. The smallest absolute Gasteiger partial charge is 0.251 e. The van der Waals surface area contributed by atoms with E-state index in [2.05, 4.69) is 10.0 Å². The van der Waals surface area contributed by atoms with E-state index in [0.717, 1.165) is 37.9 Å². The Hall–Kier alpha value is -1.44. The molecule has 7 heteroatoms. The highest BCUT2D eigenvalue weighted by atomic mass is 32.2. The summed E-state index contributed by atoms with van der Waals surface area (Å²) in [5.74, 6) is -0.265. The largest absolute Gasteiger partial charge is 0.376 e. The molecule has 0 spiro atoms. The number of rotatable bonds is 6. The van der Waals surface area contributed by atoms with Crippen LogP contribution in [0.3, 0.4) is 0 Å². The number of hydrogen-bond donors (Lipinski definition) is 2. The van der Waals surface area contributed by atoms with Crippen LogP contribution in [0.4, 0.5) is 0 Å². The van der Waals surface area contributed by atoms with Gasteiger partial charge in [-0.05, 0) is 57.2 Å². The standard InChI is InChI=1S/C17H24N2O4S/c1-11-5-8-14(24(21,22)19-13-6-7-13)10-15(11)17(20)18-12(2)16-4-3-9-23-16/h5,8,10,12-13,16,19H,3-4,6-7,9H2,1-2H3,(H,18,20). The summed E-state index contributed by atoms with van der Waals surface area (Å²) in [5.41, 5.74) is 1.14. The second-order valence-electron chi connectivity index (χ2n) is 6.69. The molecule has 2 N–H and O–H groups in total. The molecular formula is C17H24N2O4S. The van der Waals surface area contributed by atoms with Crippen LogP contribution >= 0.6 is 0 Å². The number of carbonyl (C=O) groups is 1. The van der Waals surface area contributed by atoms with Gasteiger partial charge in [-0.3, -0.25) is 4.79 Å². The number of hydrogen-bond acceptors (Lipinski definition) is 4. The van der Waals surface area contributed by atoms with Crippen molar-refractivity contribution in [1.82, 2.24) is 10.0 Å². The molecule has 3 rings (SSSR count). The lowest BCUT2D eigenvalue weighted by molar-refractivity contribution is 0.0712. The Morgan fingerprint density at radius 1 is 1.29 bits per heavy atom. The predicted molar refractivity (Wildman–Crippen MR) is 90.4 cm³/mol. The molecule has 0 aromatic heterocycles. The topological polar surface area (TPSA) is 84.5 Å². The third-order valence-electron chi connectivity index (χ3n) is 4.54. The van der Waals surface area contributed by atoms with Crippen molar-refractivity contribution in [2.75, 3.05) is 6.61 Å². The highest BCUT2D eigenvalue weighted by Crippen LogP contribution is 2.23. The van der Waals surface area contributed by atoms with Crippen molar-refractivity contribution in [3.8, 4) is 0 Å². The van der Waals surface area contributed by atoms with Gasteiger partial charge in [-0.25, -0.2) is 13.1 Å². The molecule has 0 radical (unpaired) electrons. The Morgan fingerprint density at radius 2 is 2.04 bits per heavy atom. The van der Waals surface area contributed by atoms with Crippen LogP contribution in [0.5, 0.6) is 0 Å². The molecule has 132 valence electrons. The van der Waals surface area contributed by atoms with Crippen LogP contribution in [0.15, 0.2) is 23.1 Å². The van der Waals surface area contributed by atoms with Gasteiger partial charge in [0.25, 0.3) is 5.91 Å². The SMILES string of the molecule is Cc1ccc(S(=O)(=O)NC2CC2)cc1C(=O)NC(C)C1CCCO1. The Balaban J connectivity index is 1.76. The Kier molecular flexibility index (Phi) is 4.94. The second-order valence-corrected chi connectivity index (χ2v) is 8.40. The Labute approximate surface area is 143 Å². The van der Waals surface area contributed by atoms with Crippen LogP contribution in [0.1, 0.15) is 48.5 Å². The summed E-state index contributed by atoms with van der Waals surface area (Å²) in [7, 11) is -3.57. The van der Waals surface area contributed by atoms with Gasteiger partial charge in [0, 0.05) is 18.2 Å². The van der Waals surface area contributed by atoms with Crippen molar-refractivity contribution in [1.29, 1.82) is 0 Å². The van der Waals surface area contributed by atoms with Gasteiger partial charge in [0.15, 0.2) is 0 Å². The molecule has 1 aromatic rings. The van der Waals surface area contributed by atoms with Gasteiger partial charge in [-0.2, -0.15) is 0 Å². The monoisotopic (exact) mass is 352 g/mol. The first kappa shape index (κ1) is 17.4. The van der Waals surface area contributed by atoms with E-state index in [1.165, 1.54) is 6.07 Å². The van der Waals surface area contributed by atoms with Crippen molar-refractivity contribution in [3.05, 3.63) is 29.3 Å². The van der Waals surface area contributed by atoms with Gasteiger partial charge in [-0.15, -0.1) is 0 Å². The number of ether oxygens (including phenoxy) is 1. The fraction of sp³-hybridized carbons (Fsp3) is 0.588. The molecule has 1 aliphatic heterocycles. The van der Waals surface area contributed by atoms with Crippen molar-refractivity contribution in [2.45, 2.75) is 62.6 Å². The third kappa shape index (κ3) is 3.96. The van der Waals surface area contributed by atoms with Crippen LogP contribution in [-0.2, 0) is 14.8 Å². The minimum absolute atomic E-state index is 0.0257. The molecule has 1 saturated heterocycles. The third-order valence-corrected chi connectivity index (χ3v) is 6.06. The van der Waals surface area contributed by atoms with Crippen LogP contribution in [-0.4, -0.2) is 39.1 Å². The normalized spacial score (nSPS) is 22.3. The van der Waals surface area contributed by atoms with Crippen molar-refractivity contribution >= 4 is 15.9 Å². The van der Waals surface area contributed by atoms with Crippen LogP contribution in [0.2, 0.25) is 0 Å². The average molecular weight is 352 g/mol. The summed E-state index contributed by atoms with van der Waals surface area (Å²) in [5, 5.41) is 2.93. The van der Waals surface area contributed by atoms with E-state index in [1.807, 2.05) is 6.92 Å². The molecule has 2 atom stereocenters. The molecule has 1 heterocycles. The minimum atomic E-state index is -3.57. The number of amides is 1. The van der Waals surface area contributed by atoms with Gasteiger partial charge in [0.1, 0.15) is 0 Å². The van der Waals surface area contributed by atoms with E-state index in [1.54, 1.807) is 19.1 Å². The van der Waals surface area contributed by atoms with E-state index in [9.17, 15) is 13.2 Å². The minimum Gasteiger partial charge on any atom is -0.376 e. The van der Waals surface area contributed by atoms with Gasteiger partial charge < -0.3 is 10.1 Å². The van der Waals surface area contributed by atoms with Gasteiger partial charge in [0.2, 0.25) is 10.0 Å². The van der Waals surface area contributed by atoms with Crippen LogP contribution in [0, 0.1) is 6.92 Å². The molecule has 24 heavy (non-hydrogen) atoms. The number of sulfonamides is 1. The fourth-order valence-electron chi connectivity index (χ4n) is 2.88. The first-order chi connectivity index (χ1) is 11.4. The molecule has 1 saturated carbocycles. The first-order valence-corrected chi connectivity index (χ1v) is 9.90. The molecule has 2 unspecified atom stereocenters. The van der Waals surface area contributed by atoms with Crippen molar-refractivity contribution in [3.63, 3.8) is 0 Å². The first-order valence-electron chi connectivity index (χ1n) is 8.42. The number of nitrogens with one attached hydrogen (secondary N) is 2. The maximum atomic E-state index is 12.6. The summed E-state index contributed by atoms with van der Waals surface area (Å²) >= 11 is 0. The quantitative estimate of drug-likeness (QED) is 0.817. The lowest BCUT2D eigenvalue weighted by atomic mass is 10.1. The average Bonchev–Trinajstić information content (AvgIpc) is 3.15. The van der Waals surface area contributed by atoms with Gasteiger partial charge in [0.05, 0.1) is 17.0 Å². The summed E-state index contributed by atoms with van der Waals surface area (Å²) in [6.07, 6.45) is 3.71. The molecule has 1 aliphatic carbocycles. The maximum Gasteiger partial charge on any atom is 0.251 e. The summed E-state index contributed by atoms with van der Waals surface area (Å²) in [6, 6.07) is 4.60. The molecule has 2 fully saturated rings. The molecule has 1 amide bonds. The zero-order valence-electron chi connectivity index (χ0n) is 14.0. The van der Waals surface area contributed by atoms with Crippen molar-refractivity contribution in [2.24, 2.45) is 0 Å². The molecule has 6 nitrogen and oxygen atoms in total. The van der Waals surface area contributed by atoms with Crippen LogP contribution in [0.25, 0.3) is 0 Å². The molecular weight excluding hydrogens is 328 g/mol. The Morgan fingerprint density at radius 3 is 2.67 bits per heavy atom. The number of carbonyl (C=O) groups excluding carboxylic acids is 1. The van der Waals surface area contributed by atoms with E-state index < -0.39 is 10.0 Å². The van der Waals surface area contributed by atoms with Gasteiger partial charge in [-0.1, -0.05) is 6.07 Å². The Bertz CT molecular complexity index is 722. The highest BCUT2D eigenvalue weighted by Gasteiger charge is 2.29. The zero-order chi connectivity index (χ0) is 17.3. The molecule has 1 aromatic carbocycles. The molecule has 2 aliphatic rings. The zero-order valence-corrected chi connectivity index (χ0v) is 14.9.